The molecule has 1 aromatic heterocycles. The number of hydrogen-bond acceptors (Lipinski definition) is 4. The predicted molar refractivity (Wildman–Crippen MR) is 70.6 cm³/mol. The normalized spacial score (nSPS) is 10.7. The van der Waals surface area contributed by atoms with Crippen LogP contribution in [-0.4, -0.2) is 23.6 Å². The second-order valence-electron chi connectivity index (χ2n) is 4.55. The minimum Gasteiger partial charge on any atom is -0.477 e. The molecule has 0 aliphatic carbocycles. The second-order valence-corrected chi connectivity index (χ2v) is 4.55. The van der Waals surface area contributed by atoms with E-state index in [1.54, 1.807) is 0 Å². The van der Waals surface area contributed by atoms with Crippen LogP contribution in [0.2, 0.25) is 0 Å². The quantitative estimate of drug-likeness (QED) is 0.826. The van der Waals surface area contributed by atoms with Crippen molar-refractivity contribution in [1.82, 2.24) is 9.97 Å². The van der Waals surface area contributed by atoms with E-state index in [1.165, 1.54) is 0 Å². The van der Waals surface area contributed by atoms with Gasteiger partial charge < -0.3 is 10.1 Å². The Labute approximate surface area is 104 Å². The lowest BCUT2D eigenvalue weighted by atomic mass is 10.1. The van der Waals surface area contributed by atoms with Gasteiger partial charge in [0, 0.05) is 13.5 Å². The summed E-state index contributed by atoms with van der Waals surface area (Å²) >= 11 is 0. The molecule has 0 saturated carbocycles. The first-order chi connectivity index (χ1) is 8.08. The summed E-state index contributed by atoms with van der Waals surface area (Å²) in [6.07, 6.45) is 1.86. The summed E-state index contributed by atoms with van der Waals surface area (Å²) in [6.45, 7) is 9.11. The fourth-order valence-corrected chi connectivity index (χ4v) is 1.47. The first-order valence-electron chi connectivity index (χ1n) is 6.26. The van der Waals surface area contributed by atoms with Crippen molar-refractivity contribution in [1.29, 1.82) is 0 Å². The van der Waals surface area contributed by atoms with Crippen LogP contribution in [0.3, 0.4) is 0 Å². The predicted octanol–water partition coefficient (Wildman–Crippen LogP) is 2.81. The Bertz CT molecular complexity index is 364. The standard InChI is InChI=1S/C13H23N3O/c1-6-11-15-12(14-5)10(4)13(16-11)17-8-7-9(2)3/h9H,6-8H2,1-5H3,(H,14,15,16). The zero-order chi connectivity index (χ0) is 12.8. The molecule has 0 saturated heterocycles. The molecule has 0 amide bonds. The van der Waals surface area contributed by atoms with Crippen molar-refractivity contribution in [3.05, 3.63) is 11.4 Å². The molecular formula is C13H23N3O. The minimum absolute atomic E-state index is 0.645. The molecule has 4 heteroatoms. The average Bonchev–Trinajstić information content (AvgIpc) is 2.31. The molecule has 4 nitrogen and oxygen atoms in total. The van der Waals surface area contributed by atoms with Gasteiger partial charge in [0.15, 0.2) is 0 Å². The molecule has 1 aromatic rings. The number of nitrogens with one attached hydrogen (secondary N) is 1. The highest BCUT2D eigenvalue weighted by molar-refractivity contribution is 5.48. The Morgan fingerprint density at radius 2 is 2.00 bits per heavy atom. The van der Waals surface area contributed by atoms with Gasteiger partial charge in [-0.2, -0.15) is 4.98 Å². The fourth-order valence-electron chi connectivity index (χ4n) is 1.47. The first kappa shape index (κ1) is 13.7. The molecule has 0 aromatic carbocycles. The number of aryl methyl sites for hydroxylation is 1. The van der Waals surface area contributed by atoms with E-state index in [2.05, 4.69) is 29.1 Å². The third-order valence-electron chi connectivity index (χ3n) is 2.63. The highest BCUT2D eigenvalue weighted by Crippen LogP contribution is 2.22. The first-order valence-corrected chi connectivity index (χ1v) is 6.26. The van der Waals surface area contributed by atoms with Crippen molar-refractivity contribution >= 4 is 5.82 Å². The van der Waals surface area contributed by atoms with Gasteiger partial charge in [0.05, 0.1) is 12.2 Å². The SMILES string of the molecule is CCc1nc(NC)c(C)c(OCCC(C)C)n1. The van der Waals surface area contributed by atoms with Crippen LogP contribution in [0.15, 0.2) is 0 Å². The molecule has 0 bridgehead atoms. The van der Waals surface area contributed by atoms with Gasteiger partial charge in [-0.3, -0.25) is 0 Å². The lowest BCUT2D eigenvalue weighted by Gasteiger charge is -2.13. The summed E-state index contributed by atoms with van der Waals surface area (Å²) in [5, 5.41) is 3.08. The maximum atomic E-state index is 5.74. The van der Waals surface area contributed by atoms with Gasteiger partial charge in [-0.05, 0) is 19.3 Å². The fraction of sp³-hybridized carbons (Fsp3) is 0.692. The molecule has 1 N–H and O–H groups in total. The zero-order valence-electron chi connectivity index (χ0n) is 11.5. The van der Waals surface area contributed by atoms with Gasteiger partial charge in [-0.15, -0.1) is 0 Å². The second kappa shape index (κ2) is 6.42. The van der Waals surface area contributed by atoms with Crippen molar-refractivity contribution in [2.75, 3.05) is 19.0 Å². The summed E-state index contributed by atoms with van der Waals surface area (Å²) in [7, 11) is 1.87. The van der Waals surface area contributed by atoms with E-state index in [1.807, 2.05) is 20.9 Å². The smallest absolute Gasteiger partial charge is 0.221 e. The summed E-state index contributed by atoms with van der Waals surface area (Å²) < 4.78 is 5.74. The van der Waals surface area contributed by atoms with Crippen LogP contribution in [0.25, 0.3) is 0 Å². The molecule has 0 fully saturated rings. The highest BCUT2D eigenvalue weighted by atomic mass is 16.5. The molecule has 17 heavy (non-hydrogen) atoms. The molecule has 1 rings (SSSR count). The molecule has 0 spiro atoms. The van der Waals surface area contributed by atoms with Gasteiger partial charge >= 0.3 is 0 Å². The maximum absolute atomic E-state index is 5.74. The largest absolute Gasteiger partial charge is 0.477 e. The van der Waals surface area contributed by atoms with Crippen molar-refractivity contribution < 1.29 is 4.74 Å². The van der Waals surface area contributed by atoms with Crippen LogP contribution in [0.4, 0.5) is 5.82 Å². The van der Waals surface area contributed by atoms with E-state index in [9.17, 15) is 0 Å². The van der Waals surface area contributed by atoms with Crippen LogP contribution in [0, 0.1) is 12.8 Å². The third kappa shape index (κ3) is 3.88. The van der Waals surface area contributed by atoms with E-state index in [0.717, 1.165) is 30.0 Å². The number of anilines is 1. The number of nitrogens with zero attached hydrogens (tertiary/aromatic N) is 2. The summed E-state index contributed by atoms with van der Waals surface area (Å²) in [6, 6.07) is 0. The Balaban J connectivity index is 2.82. The van der Waals surface area contributed by atoms with Crippen LogP contribution < -0.4 is 10.1 Å². The van der Waals surface area contributed by atoms with E-state index in [4.69, 9.17) is 4.74 Å². The van der Waals surface area contributed by atoms with Crippen LogP contribution in [-0.2, 0) is 6.42 Å². The molecule has 0 aliphatic heterocycles. The number of aromatic nitrogens is 2. The van der Waals surface area contributed by atoms with Crippen LogP contribution >= 0.6 is 0 Å². The lowest BCUT2D eigenvalue weighted by molar-refractivity contribution is 0.276. The Hall–Kier alpha value is -1.32. The van der Waals surface area contributed by atoms with Crippen molar-refractivity contribution in [2.45, 2.75) is 40.5 Å². The zero-order valence-corrected chi connectivity index (χ0v) is 11.5. The Morgan fingerprint density at radius 1 is 1.29 bits per heavy atom. The van der Waals surface area contributed by atoms with Crippen LogP contribution in [0.5, 0.6) is 5.88 Å². The van der Waals surface area contributed by atoms with E-state index in [-0.39, 0.29) is 0 Å². The van der Waals surface area contributed by atoms with E-state index >= 15 is 0 Å². The average molecular weight is 237 g/mol. The molecule has 0 aliphatic rings. The van der Waals surface area contributed by atoms with Crippen molar-refractivity contribution in [2.24, 2.45) is 5.92 Å². The van der Waals surface area contributed by atoms with Gasteiger partial charge in [0.1, 0.15) is 11.6 Å². The van der Waals surface area contributed by atoms with Crippen molar-refractivity contribution in [3.8, 4) is 5.88 Å². The number of ether oxygens (including phenoxy) is 1. The summed E-state index contributed by atoms with van der Waals surface area (Å²) in [5.74, 6) is 3.03. The maximum Gasteiger partial charge on any atom is 0.221 e. The Kier molecular flexibility index (Phi) is 5.19. The van der Waals surface area contributed by atoms with E-state index in [0.29, 0.717) is 18.4 Å². The topological polar surface area (TPSA) is 47.0 Å². The Morgan fingerprint density at radius 3 is 2.53 bits per heavy atom. The van der Waals surface area contributed by atoms with Gasteiger partial charge in [-0.25, -0.2) is 4.98 Å². The monoisotopic (exact) mass is 237 g/mol. The number of rotatable bonds is 6. The van der Waals surface area contributed by atoms with Gasteiger partial charge in [0.25, 0.3) is 0 Å². The number of hydrogen-bond donors (Lipinski definition) is 1. The van der Waals surface area contributed by atoms with Crippen LogP contribution in [0.1, 0.15) is 38.6 Å². The molecule has 1 heterocycles. The molecular weight excluding hydrogens is 214 g/mol. The highest BCUT2D eigenvalue weighted by Gasteiger charge is 2.10. The minimum atomic E-state index is 0.645. The molecule has 0 unspecified atom stereocenters. The molecule has 0 radical (unpaired) electrons. The summed E-state index contributed by atoms with van der Waals surface area (Å²) in [4.78, 5) is 8.83. The lowest BCUT2D eigenvalue weighted by Crippen LogP contribution is -2.08. The molecule has 0 atom stereocenters. The third-order valence-corrected chi connectivity index (χ3v) is 2.63. The van der Waals surface area contributed by atoms with Gasteiger partial charge in [-0.1, -0.05) is 20.8 Å². The van der Waals surface area contributed by atoms with E-state index < -0.39 is 0 Å². The molecule has 96 valence electrons. The summed E-state index contributed by atoms with van der Waals surface area (Å²) in [5.41, 5.74) is 0.980. The van der Waals surface area contributed by atoms with Crippen molar-refractivity contribution in [3.63, 3.8) is 0 Å². The van der Waals surface area contributed by atoms with Gasteiger partial charge in [0.2, 0.25) is 5.88 Å².